The predicted octanol–water partition coefficient (Wildman–Crippen LogP) is 1.68. The number of hydrogen-bond acceptors (Lipinski definition) is 6. The van der Waals surface area contributed by atoms with Crippen LogP contribution in [0.15, 0.2) is 33.9 Å². The van der Waals surface area contributed by atoms with Crippen molar-refractivity contribution in [3.05, 3.63) is 66.6 Å². The Kier molecular flexibility index (Phi) is 5.26. The number of benzene rings is 1. The third-order valence-corrected chi connectivity index (χ3v) is 8.32. The van der Waals surface area contributed by atoms with Gasteiger partial charge >= 0.3 is 17.4 Å². The van der Waals surface area contributed by atoms with Gasteiger partial charge in [0.2, 0.25) is 0 Å². The molecule has 12 nitrogen and oxygen atoms in total. The maximum Gasteiger partial charge on any atom is 0.326 e. The maximum atomic E-state index is 13.4. The maximum absolute atomic E-state index is 13.4. The Morgan fingerprint density at radius 1 is 0.667 bits per heavy atom. The number of hydrogen-bond donors (Lipinski definition) is 2. The van der Waals surface area contributed by atoms with Crippen molar-refractivity contribution in [2.45, 2.75) is 77.5 Å². The van der Waals surface area contributed by atoms with Crippen molar-refractivity contribution in [3.63, 3.8) is 0 Å². The minimum Gasteiger partial charge on any atom is -0.714 e. The van der Waals surface area contributed by atoms with Crippen molar-refractivity contribution < 1.29 is 19.9 Å². The van der Waals surface area contributed by atoms with Crippen LogP contribution in [0.2, 0.25) is 0 Å². The van der Waals surface area contributed by atoms with Gasteiger partial charge in [0.25, 0.3) is 5.56 Å². The lowest BCUT2D eigenvalue weighted by Crippen LogP contribution is -2.53. The van der Waals surface area contributed by atoms with Crippen molar-refractivity contribution in [2.75, 3.05) is 0 Å². The van der Waals surface area contributed by atoms with E-state index >= 15 is 0 Å². The van der Waals surface area contributed by atoms with E-state index < -0.39 is 33.4 Å². The van der Waals surface area contributed by atoms with Gasteiger partial charge in [-0.3, -0.25) is 19.3 Å². The van der Waals surface area contributed by atoms with Crippen LogP contribution in [0.4, 0.5) is 0 Å². The molecule has 2 aliphatic heterocycles. The summed E-state index contributed by atoms with van der Waals surface area (Å²) >= 11 is 0. The zero-order valence-corrected chi connectivity index (χ0v) is 21.5. The average Bonchev–Trinajstić information content (AvgIpc) is 2.96. The number of nitrogens with one attached hydrogen (secondary N) is 2. The minimum atomic E-state index is -1.11. The largest absolute Gasteiger partial charge is 0.714 e. The predicted molar refractivity (Wildman–Crippen MR) is 130 cm³/mol. The van der Waals surface area contributed by atoms with Gasteiger partial charge in [-0.2, -0.15) is 0 Å². The number of hydroxylamine groups is 6. The molecule has 36 heavy (non-hydrogen) atoms. The Labute approximate surface area is 207 Å². The number of aromatic amines is 2. The Morgan fingerprint density at radius 3 is 1.39 bits per heavy atom. The van der Waals surface area contributed by atoms with E-state index in [2.05, 4.69) is 9.97 Å². The van der Waals surface area contributed by atoms with E-state index in [4.69, 9.17) is 0 Å². The Morgan fingerprint density at radius 2 is 1.06 bits per heavy atom. The highest BCUT2D eigenvalue weighted by atomic mass is 16.5. The summed E-state index contributed by atoms with van der Waals surface area (Å²) in [7, 11) is 0. The van der Waals surface area contributed by atoms with Gasteiger partial charge in [0.05, 0.1) is 16.8 Å². The van der Waals surface area contributed by atoms with Crippen LogP contribution < -0.4 is 11.2 Å². The van der Waals surface area contributed by atoms with Crippen LogP contribution >= 0.6 is 0 Å². The van der Waals surface area contributed by atoms with E-state index in [0.29, 0.717) is 19.6 Å². The summed E-state index contributed by atoms with van der Waals surface area (Å²) in [5.41, 5.74) is -5.30. The highest BCUT2D eigenvalue weighted by Gasteiger charge is 2.61. The van der Waals surface area contributed by atoms with Gasteiger partial charge in [-0.15, -0.1) is 0 Å². The van der Waals surface area contributed by atoms with Crippen molar-refractivity contribution in [3.8, 4) is 11.3 Å². The number of aromatic nitrogens is 2. The molecule has 0 fully saturated rings. The lowest BCUT2D eigenvalue weighted by molar-refractivity contribution is -0.539. The van der Waals surface area contributed by atoms with Crippen LogP contribution in [0.25, 0.3) is 11.3 Å². The van der Waals surface area contributed by atoms with Crippen LogP contribution in [0, 0.1) is 10.4 Å². The van der Waals surface area contributed by atoms with Gasteiger partial charge < -0.3 is 15.4 Å². The first kappa shape index (κ1) is 25.5. The molecule has 192 valence electrons. The van der Waals surface area contributed by atoms with Crippen LogP contribution in [-0.2, 0) is 10.4 Å². The normalized spacial score (nSPS) is 22.1. The first-order valence-corrected chi connectivity index (χ1v) is 11.5. The Bertz CT molecular complexity index is 1340. The molecule has 0 saturated heterocycles. The van der Waals surface area contributed by atoms with E-state index in [1.165, 1.54) is 18.2 Å². The molecule has 0 spiro atoms. The van der Waals surface area contributed by atoms with E-state index in [1.54, 1.807) is 55.4 Å². The second-order valence-corrected chi connectivity index (χ2v) is 11.4. The summed E-state index contributed by atoms with van der Waals surface area (Å²) in [5.74, 6) is -0.431. The van der Waals surface area contributed by atoms with E-state index in [-0.39, 0.29) is 34.1 Å². The Balaban J connectivity index is 2.06. The molecule has 2 aromatic rings. The first-order chi connectivity index (χ1) is 16.4. The quantitative estimate of drug-likeness (QED) is 0.483. The van der Waals surface area contributed by atoms with Crippen LogP contribution in [0.1, 0.15) is 66.5 Å². The minimum absolute atomic E-state index is 0.0888. The smallest absolute Gasteiger partial charge is 0.326 e. The SMILES string of the molecule is CC1(C)N([O])C(c2cc(C3=[N+]([O-])C(C)(C)C(C)(C)N3[O])cc(-c3cc(=O)[nH]c(=O)[nH]3)c2)=[N+]([O-])C1(C)C. The van der Waals surface area contributed by atoms with Gasteiger partial charge in [0.15, 0.2) is 11.1 Å². The summed E-state index contributed by atoms with van der Waals surface area (Å²) in [6.45, 7) is 13.2. The van der Waals surface area contributed by atoms with Crippen molar-refractivity contribution in [1.82, 2.24) is 20.1 Å². The molecule has 0 bridgehead atoms. The summed E-state index contributed by atoms with van der Waals surface area (Å²) < 4.78 is 1.22. The second kappa shape index (κ2) is 7.43. The average molecular weight is 499 g/mol. The lowest BCUT2D eigenvalue weighted by atomic mass is 9.84. The van der Waals surface area contributed by atoms with Crippen molar-refractivity contribution in [1.29, 1.82) is 0 Å². The molecule has 2 aliphatic rings. The molecule has 1 aromatic heterocycles. The molecule has 0 saturated carbocycles. The monoisotopic (exact) mass is 498 g/mol. The molecule has 0 aliphatic carbocycles. The molecule has 3 heterocycles. The molecule has 2 radical (unpaired) electrons. The molecular weight excluding hydrogens is 468 g/mol. The summed E-state index contributed by atoms with van der Waals surface area (Å²) in [6, 6.07) is 5.50. The summed E-state index contributed by atoms with van der Waals surface area (Å²) in [6.07, 6.45) is 0. The molecule has 2 N–H and O–H groups in total. The van der Waals surface area contributed by atoms with Gasteiger partial charge in [-0.25, -0.2) is 4.79 Å². The number of rotatable bonds is 3. The number of amidine groups is 2. The second-order valence-electron chi connectivity index (χ2n) is 11.4. The summed E-state index contributed by atoms with van der Waals surface area (Å²) in [4.78, 5) is 28.6. The van der Waals surface area contributed by atoms with E-state index in [9.17, 15) is 30.4 Å². The third-order valence-electron chi connectivity index (χ3n) is 8.32. The number of H-pyrrole nitrogens is 2. The van der Waals surface area contributed by atoms with Gasteiger partial charge in [0.1, 0.15) is 11.1 Å². The fraction of sp³-hybridized carbons (Fsp3) is 0.500. The fourth-order valence-electron chi connectivity index (χ4n) is 4.35. The topological polar surface area (TPSA) is 164 Å². The van der Waals surface area contributed by atoms with Crippen molar-refractivity contribution in [2.24, 2.45) is 0 Å². The standard InChI is InChI=1S/C24H30N6O6/c1-21(2)22(3,4)28(34)18(27(21)33)14-9-13(16-12-17(31)26-20(32)25-16)10-15(11-14)19-29(35)23(5,6)24(7,8)30(19)36/h9-12H,1-8H3,(H2,25,26,31,32). The highest BCUT2D eigenvalue weighted by Crippen LogP contribution is 2.40. The van der Waals surface area contributed by atoms with Crippen LogP contribution in [0.3, 0.4) is 0 Å². The lowest BCUT2D eigenvalue weighted by Gasteiger charge is -2.32. The third kappa shape index (κ3) is 3.21. The number of nitrogens with zero attached hydrogens (tertiary/aromatic N) is 4. The van der Waals surface area contributed by atoms with Gasteiger partial charge in [-0.05, 0) is 73.6 Å². The van der Waals surface area contributed by atoms with Gasteiger partial charge in [0, 0.05) is 22.0 Å². The van der Waals surface area contributed by atoms with Crippen molar-refractivity contribution >= 4 is 11.7 Å². The highest BCUT2D eigenvalue weighted by molar-refractivity contribution is 6.03. The molecule has 1 aromatic carbocycles. The van der Waals surface area contributed by atoms with E-state index in [1.807, 2.05) is 0 Å². The zero-order valence-electron chi connectivity index (χ0n) is 21.5. The molecule has 0 amide bonds. The van der Waals surface area contributed by atoms with Crippen LogP contribution in [0.5, 0.6) is 0 Å². The first-order valence-electron chi connectivity index (χ1n) is 11.5. The Hall–Kier alpha value is -3.64. The fourth-order valence-corrected chi connectivity index (χ4v) is 4.35. The molecule has 4 rings (SSSR count). The van der Waals surface area contributed by atoms with Gasteiger partial charge in [-0.1, -0.05) is 10.1 Å². The van der Waals surface area contributed by atoms with E-state index in [0.717, 1.165) is 6.07 Å². The molecule has 0 unspecified atom stereocenters. The zero-order chi connectivity index (χ0) is 27.2. The summed E-state index contributed by atoms with van der Waals surface area (Å²) in [5, 5.41) is 54.6. The molecule has 12 heteroatoms. The van der Waals surface area contributed by atoms with Crippen LogP contribution in [-0.4, -0.2) is 63.4 Å². The molecule has 0 atom stereocenters. The molecular formula is C24H30N6O6.